The smallest absolute Gasteiger partial charge is 0.0729 e. The van der Waals surface area contributed by atoms with Crippen LogP contribution in [0, 0.1) is 0 Å². The number of aliphatic hydroxyl groups is 1. The van der Waals surface area contributed by atoms with E-state index in [-0.39, 0.29) is 0 Å². The zero-order chi connectivity index (χ0) is 14.0. The van der Waals surface area contributed by atoms with Crippen LogP contribution >= 0.6 is 0 Å². The van der Waals surface area contributed by atoms with Crippen LogP contribution in [0.4, 0.5) is 0 Å². The van der Waals surface area contributed by atoms with Gasteiger partial charge in [0, 0.05) is 31.2 Å². The lowest BCUT2D eigenvalue weighted by Gasteiger charge is -2.41. The minimum Gasteiger partial charge on any atom is -0.389 e. The average Bonchev–Trinajstić information content (AvgIpc) is 2.76. The van der Waals surface area contributed by atoms with E-state index >= 15 is 0 Å². The maximum atomic E-state index is 10.8. The average molecular weight is 265 g/mol. The van der Waals surface area contributed by atoms with Crippen LogP contribution in [0.1, 0.15) is 45.0 Å². The largest absolute Gasteiger partial charge is 0.389 e. The van der Waals surface area contributed by atoms with Crippen molar-refractivity contribution in [2.75, 3.05) is 13.6 Å². The molecule has 2 heterocycles. The monoisotopic (exact) mass is 265 g/mol. The van der Waals surface area contributed by atoms with Gasteiger partial charge in [-0.15, -0.1) is 0 Å². The topological polar surface area (TPSA) is 41.3 Å². The summed E-state index contributed by atoms with van der Waals surface area (Å²) in [6.07, 6.45) is 3.38. The van der Waals surface area contributed by atoms with Crippen molar-refractivity contribution in [3.8, 4) is 0 Å². The zero-order valence-corrected chi connectivity index (χ0v) is 12.7. The summed E-state index contributed by atoms with van der Waals surface area (Å²) in [6, 6.07) is 2.60. The molecule has 2 rings (SSSR count). The molecule has 1 saturated heterocycles. The van der Waals surface area contributed by atoms with Crippen LogP contribution < -0.4 is 0 Å². The van der Waals surface area contributed by atoms with Crippen LogP contribution in [0.3, 0.4) is 0 Å². The number of piperidine rings is 1. The van der Waals surface area contributed by atoms with Gasteiger partial charge in [0.1, 0.15) is 0 Å². The summed E-state index contributed by atoms with van der Waals surface area (Å²) in [5.74, 6) is 0. The molecule has 1 aromatic rings. The summed E-state index contributed by atoms with van der Waals surface area (Å²) >= 11 is 0. The van der Waals surface area contributed by atoms with Gasteiger partial charge in [0.05, 0.1) is 11.3 Å². The first kappa shape index (κ1) is 14.5. The van der Waals surface area contributed by atoms with Crippen LogP contribution in [0.15, 0.2) is 6.07 Å². The predicted molar refractivity (Wildman–Crippen MR) is 77.3 cm³/mol. The Hall–Kier alpha value is -0.870. The number of aryl methyl sites for hydroxylation is 2. The van der Waals surface area contributed by atoms with Gasteiger partial charge in [-0.05, 0) is 46.2 Å². The molecule has 1 aliphatic rings. The fourth-order valence-corrected chi connectivity index (χ4v) is 3.01. The van der Waals surface area contributed by atoms with E-state index in [0.29, 0.717) is 6.04 Å². The molecule has 108 valence electrons. The van der Waals surface area contributed by atoms with Crippen molar-refractivity contribution in [3.63, 3.8) is 0 Å². The van der Waals surface area contributed by atoms with Crippen molar-refractivity contribution in [2.24, 2.45) is 0 Å². The van der Waals surface area contributed by atoms with E-state index in [9.17, 15) is 5.11 Å². The van der Waals surface area contributed by atoms with Gasteiger partial charge < -0.3 is 10.0 Å². The first-order valence-electron chi connectivity index (χ1n) is 7.45. The van der Waals surface area contributed by atoms with Crippen LogP contribution in [-0.4, -0.2) is 45.0 Å². The van der Waals surface area contributed by atoms with Crippen molar-refractivity contribution in [1.29, 1.82) is 0 Å². The van der Waals surface area contributed by atoms with E-state index in [1.54, 1.807) is 0 Å². The highest BCUT2D eigenvalue weighted by atomic mass is 16.3. The number of hydrogen-bond donors (Lipinski definition) is 1. The summed E-state index contributed by atoms with van der Waals surface area (Å²) in [5, 5.41) is 15.4. The van der Waals surface area contributed by atoms with Gasteiger partial charge >= 0.3 is 0 Å². The second-order valence-electron chi connectivity index (χ2n) is 5.98. The fourth-order valence-electron chi connectivity index (χ4n) is 3.01. The molecule has 4 nitrogen and oxygen atoms in total. The molecule has 1 N–H and O–H groups in total. The molecule has 2 atom stereocenters. The Morgan fingerprint density at radius 1 is 1.47 bits per heavy atom. The third kappa shape index (κ3) is 3.18. The molecule has 19 heavy (non-hydrogen) atoms. The molecular weight excluding hydrogens is 238 g/mol. The minimum absolute atomic E-state index is 0.447. The Labute approximate surface area is 116 Å². The van der Waals surface area contributed by atoms with E-state index < -0.39 is 5.60 Å². The molecule has 2 unspecified atom stereocenters. The van der Waals surface area contributed by atoms with Crippen molar-refractivity contribution in [2.45, 2.75) is 64.6 Å². The van der Waals surface area contributed by atoms with Crippen LogP contribution in [0.25, 0.3) is 0 Å². The third-order valence-electron chi connectivity index (χ3n) is 4.44. The van der Waals surface area contributed by atoms with E-state index in [2.05, 4.69) is 43.9 Å². The van der Waals surface area contributed by atoms with Gasteiger partial charge in [-0.2, -0.15) is 5.10 Å². The zero-order valence-electron chi connectivity index (χ0n) is 12.7. The third-order valence-corrected chi connectivity index (χ3v) is 4.44. The summed E-state index contributed by atoms with van der Waals surface area (Å²) in [5.41, 5.74) is 1.74. The second-order valence-corrected chi connectivity index (χ2v) is 5.98. The van der Waals surface area contributed by atoms with Gasteiger partial charge in [0.15, 0.2) is 0 Å². The Balaban J connectivity index is 2.13. The molecule has 0 spiro atoms. The quantitative estimate of drug-likeness (QED) is 0.903. The first-order valence-corrected chi connectivity index (χ1v) is 7.45. The predicted octanol–water partition coefficient (Wildman–Crippen LogP) is 1.85. The van der Waals surface area contributed by atoms with Gasteiger partial charge in [-0.25, -0.2) is 0 Å². The summed E-state index contributed by atoms with van der Waals surface area (Å²) in [6.45, 7) is 8.27. The normalized spacial score (nSPS) is 28.8. The van der Waals surface area contributed by atoms with E-state index in [0.717, 1.165) is 44.5 Å². The maximum Gasteiger partial charge on any atom is 0.0729 e. The van der Waals surface area contributed by atoms with Crippen LogP contribution in [0.5, 0.6) is 0 Å². The standard InChI is InChI=1S/C15H27N3O/c1-5-13-9-14(18(6-2)16-13)11-15(19)7-8-17(4)12(3)10-15/h9,12,19H,5-8,10-11H2,1-4H3. The Bertz CT molecular complexity index is 429. The van der Waals surface area contributed by atoms with Gasteiger partial charge in [0.25, 0.3) is 0 Å². The minimum atomic E-state index is -0.566. The molecule has 0 bridgehead atoms. The number of rotatable bonds is 4. The number of nitrogens with zero attached hydrogens (tertiary/aromatic N) is 3. The van der Waals surface area contributed by atoms with Crippen molar-refractivity contribution < 1.29 is 5.11 Å². The molecule has 0 amide bonds. The molecule has 0 radical (unpaired) electrons. The summed E-state index contributed by atoms with van der Waals surface area (Å²) < 4.78 is 2.04. The highest BCUT2D eigenvalue weighted by Gasteiger charge is 2.36. The van der Waals surface area contributed by atoms with Crippen molar-refractivity contribution >= 4 is 0 Å². The van der Waals surface area contributed by atoms with E-state index in [1.807, 2.05) is 4.68 Å². The van der Waals surface area contributed by atoms with Gasteiger partial charge in [0.2, 0.25) is 0 Å². The van der Waals surface area contributed by atoms with Crippen LogP contribution in [-0.2, 0) is 19.4 Å². The molecule has 0 saturated carbocycles. The van der Waals surface area contributed by atoms with Gasteiger partial charge in [-0.3, -0.25) is 4.68 Å². The lowest BCUT2D eigenvalue weighted by molar-refractivity contribution is -0.0366. The SMILES string of the molecule is CCc1cc(CC2(O)CCN(C)C(C)C2)n(CC)n1. The lowest BCUT2D eigenvalue weighted by Crippen LogP contribution is -2.49. The molecular formula is C15H27N3O. The number of aromatic nitrogens is 2. The molecule has 4 heteroatoms. The van der Waals surface area contributed by atoms with Crippen molar-refractivity contribution in [3.05, 3.63) is 17.5 Å². The highest BCUT2D eigenvalue weighted by molar-refractivity contribution is 5.14. The molecule has 1 aromatic heterocycles. The Morgan fingerprint density at radius 2 is 2.21 bits per heavy atom. The van der Waals surface area contributed by atoms with E-state index in [4.69, 9.17) is 0 Å². The first-order chi connectivity index (χ1) is 8.97. The Morgan fingerprint density at radius 3 is 2.79 bits per heavy atom. The molecule has 0 aliphatic carbocycles. The fraction of sp³-hybridized carbons (Fsp3) is 0.800. The second kappa shape index (κ2) is 5.63. The number of hydrogen-bond acceptors (Lipinski definition) is 3. The van der Waals surface area contributed by atoms with Crippen molar-refractivity contribution in [1.82, 2.24) is 14.7 Å². The summed E-state index contributed by atoms with van der Waals surface area (Å²) in [7, 11) is 2.13. The van der Waals surface area contributed by atoms with Gasteiger partial charge in [-0.1, -0.05) is 6.92 Å². The number of likely N-dealkylation sites (tertiary alicyclic amines) is 1. The molecule has 1 aliphatic heterocycles. The maximum absolute atomic E-state index is 10.8. The summed E-state index contributed by atoms with van der Waals surface area (Å²) in [4.78, 5) is 2.32. The van der Waals surface area contributed by atoms with Crippen LogP contribution in [0.2, 0.25) is 0 Å². The highest BCUT2D eigenvalue weighted by Crippen LogP contribution is 2.29. The Kier molecular flexibility index (Phi) is 4.31. The molecule has 1 fully saturated rings. The van der Waals surface area contributed by atoms with E-state index in [1.165, 1.54) is 5.69 Å². The molecule has 0 aromatic carbocycles. The lowest BCUT2D eigenvalue weighted by atomic mass is 9.83.